The smallest absolute Gasteiger partial charge is 0.415 e. The van der Waals surface area contributed by atoms with E-state index in [9.17, 15) is 53.1 Å². The van der Waals surface area contributed by atoms with Gasteiger partial charge >= 0.3 is 24.0 Å². The highest BCUT2D eigenvalue weighted by molar-refractivity contribution is 7.99. The monoisotopic (exact) mass is 1500 g/mol. The molecule has 33 heteroatoms. The maximum absolute atomic E-state index is 14.5. The third kappa shape index (κ3) is 19.0. The van der Waals surface area contributed by atoms with Gasteiger partial charge in [-0.25, -0.2) is 43.8 Å². The number of carboxylic acid groups (broad SMARTS) is 1. The van der Waals surface area contributed by atoms with E-state index >= 15 is 0 Å². The Balaban J connectivity index is 0.584. The number of hydrogen-bond donors (Lipinski definition) is 6. The molecule has 4 aliphatic rings. The fourth-order valence-corrected chi connectivity index (χ4v) is 15.1. The van der Waals surface area contributed by atoms with Gasteiger partial charge in [0.15, 0.2) is 5.65 Å². The summed E-state index contributed by atoms with van der Waals surface area (Å²) in [5, 5.41) is 30.3. The molecule has 0 spiro atoms. The van der Waals surface area contributed by atoms with Crippen molar-refractivity contribution in [3.8, 4) is 17.1 Å². The van der Waals surface area contributed by atoms with Crippen molar-refractivity contribution >= 4 is 99.0 Å². The number of likely N-dealkylation sites (tertiary alicyclic amines) is 2. The van der Waals surface area contributed by atoms with Crippen LogP contribution in [0.3, 0.4) is 0 Å². The van der Waals surface area contributed by atoms with Gasteiger partial charge in [-0.3, -0.25) is 28.8 Å². The van der Waals surface area contributed by atoms with Gasteiger partial charge in [0.2, 0.25) is 35.2 Å². The van der Waals surface area contributed by atoms with Crippen LogP contribution in [0.1, 0.15) is 154 Å². The lowest BCUT2D eigenvalue weighted by Crippen LogP contribution is -2.48. The predicted octanol–water partition coefficient (Wildman–Crippen LogP) is 5.60. The number of amides is 6. The van der Waals surface area contributed by atoms with Gasteiger partial charge in [0.1, 0.15) is 30.5 Å². The van der Waals surface area contributed by atoms with Crippen molar-refractivity contribution in [2.24, 2.45) is 0 Å². The molecule has 0 aliphatic carbocycles. The van der Waals surface area contributed by atoms with Crippen LogP contribution in [-0.2, 0) is 87.7 Å². The molecular formula is C75H94N18O14S. The molecule has 9 heterocycles. The molecule has 2 fully saturated rings. The van der Waals surface area contributed by atoms with Crippen LogP contribution in [0.5, 0.6) is 5.75 Å². The van der Waals surface area contributed by atoms with Crippen LogP contribution in [0.2, 0.25) is 0 Å². The van der Waals surface area contributed by atoms with Gasteiger partial charge in [-0.1, -0.05) is 39.3 Å². The number of aryl methyl sites for hydroxylation is 3. The number of ether oxygens (including phenoxy) is 3. The number of thioether (sulfide) groups is 1. The number of fused-ring (bicyclic) bond motifs is 6. The zero-order valence-corrected chi connectivity index (χ0v) is 62.5. The highest BCUT2D eigenvalue weighted by atomic mass is 32.2. The second-order valence-electron chi connectivity index (χ2n) is 27.3. The van der Waals surface area contributed by atoms with Gasteiger partial charge in [-0.15, -0.1) is 5.10 Å². The second kappa shape index (κ2) is 36.3. The Bertz CT molecular complexity index is 4560. The quantitative estimate of drug-likeness (QED) is 0.0211. The summed E-state index contributed by atoms with van der Waals surface area (Å²) < 4.78 is 20.5. The summed E-state index contributed by atoms with van der Waals surface area (Å²) in [5.41, 5.74) is 10.7. The number of pyridine rings is 2. The fourth-order valence-electron chi connectivity index (χ4n) is 14.3. The SMILES string of the molecule is CCC(=O)N(CCNC(=O)CCCc1cn(CC(=O)O[C@]2(CC)C(=O)OCc3c2cc2n(c3=O)Cc3c-2nc2ccc(OC(=O)N4CCC(N5CCCCC5)CC4)cc2c3CC)nn1)CCN(CCSCCNC(=O)CCC(NC(=O)c1ccc(NCc2cnc3nc(N)nc(C)c3n2)cc1)C(=O)O)C(=O)CC. The van der Waals surface area contributed by atoms with Crippen LogP contribution in [0, 0.1) is 6.92 Å². The molecule has 2 saturated heterocycles. The van der Waals surface area contributed by atoms with E-state index in [2.05, 4.69) is 56.4 Å². The topological polar surface area (TPSA) is 406 Å². The minimum atomic E-state index is -1.97. The van der Waals surface area contributed by atoms with Crippen LogP contribution in [0.25, 0.3) is 33.5 Å². The number of carboxylic acids is 1. The lowest BCUT2D eigenvalue weighted by Gasteiger charge is -2.39. The maximum atomic E-state index is 14.5. The normalized spacial score (nSPS) is 15.8. The summed E-state index contributed by atoms with van der Waals surface area (Å²) in [6, 6.07) is 12.7. The average molecular weight is 1500 g/mol. The van der Waals surface area contributed by atoms with Crippen molar-refractivity contribution in [2.75, 3.05) is 88.0 Å². The Morgan fingerprint density at radius 3 is 2.27 bits per heavy atom. The number of benzene rings is 2. The number of anilines is 2. The molecule has 0 saturated carbocycles. The van der Waals surface area contributed by atoms with Gasteiger partial charge < -0.3 is 70.5 Å². The summed E-state index contributed by atoms with van der Waals surface area (Å²) in [6.45, 7) is 13.8. The lowest BCUT2D eigenvalue weighted by molar-refractivity contribution is -0.190. The molecule has 6 amide bonds. The standard InChI is InChI=1S/C75H94N18O14S/c1-6-53-54-38-52(106-74(104)91-30-24-51(25-31-91)88-28-11-10-12-29-88)20-21-58(54)83-67-55(53)43-93-60(67)39-57-56(70(93)100)45-105-72(103)75(57,9-4)107-65(98)44-92-42-49(86-87-92)14-13-15-61(94)77-26-32-89(63(96)7-2)33-34-90(64(97)8-3)35-37-108-36-27-78-62(95)23-22-59(71(101)102)84-69(99)47-16-18-48(19-17-47)79-40-50-41-80-68-66(82-50)46(5)81-73(76)85-68/h16-21,38-39,41-42,51,59,79H,6-15,22-37,40,43-45H2,1-5H3,(H,77,94)(H,78,95)(H,84,99)(H,101,102)(H2,76,80,81,85)/t59?,75-/m0/s1. The highest BCUT2D eigenvalue weighted by Crippen LogP contribution is 2.43. The number of esters is 2. The van der Waals surface area contributed by atoms with E-state index in [4.69, 9.17) is 24.9 Å². The average Bonchev–Trinajstić information content (AvgIpc) is 1.50. The zero-order chi connectivity index (χ0) is 76.6. The molecular weight excluding hydrogens is 1410 g/mol. The van der Waals surface area contributed by atoms with Crippen molar-refractivity contribution in [1.82, 2.24) is 80.0 Å². The van der Waals surface area contributed by atoms with Gasteiger partial charge in [0.25, 0.3) is 11.5 Å². The molecule has 2 aromatic carbocycles. The molecule has 2 atom stereocenters. The molecule has 11 rings (SSSR count). The Labute approximate surface area is 628 Å². The lowest BCUT2D eigenvalue weighted by atomic mass is 9.85. The van der Waals surface area contributed by atoms with Crippen molar-refractivity contribution in [2.45, 2.75) is 168 Å². The molecule has 7 N–H and O–H groups in total. The minimum absolute atomic E-state index is 0.0501. The van der Waals surface area contributed by atoms with E-state index in [-0.39, 0.29) is 137 Å². The number of aliphatic carboxylic acids is 1. The third-order valence-corrected chi connectivity index (χ3v) is 21.2. The van der Waals surface area contributed by atoms with Gasteiger partial charge in [-0.2, -0.15) is 16.7 Å². The maximum Gasteiger partial charge on any atom is 0.415 e. The largest absolute Gasteiger partial charge is 0.480 e. The number of hydrogen-bond acceptors (Lipinski definition) is 24. The first-order valence-corrected chi connectivity index (χ1v) is 38.3. The van der Waals surface area contributed by atoms with E-state index in [1.165, 1.54) is 35.7 Å². The number of carbonyl (C=O) groups excluding carboxylic acids is 8. The molecule has 108 heavy (non-hydrogen) atoms. The Morgan fingerprint density at radius 2 is 1.55 bits per heavy atom. The van der Waals surface area contributed by atoms with Crippen LogP contribution in [0.4, 0.5) is 16.4 Å². The summed E-state index contributed by atoms with van der Waals surface area (Å²) in [4.78, 5) is 163. The number of aromatic nitrogens is 9. The van der Waals surface area contributed by atoms with Crippen molar-refractivity contribution in [3.05, 3.63) is 116 Å². The Kier molecular flexibility index (Phi) is 26.3. The first-order valence-electron chi connectivity index (χ1n) is 37.2. The van der Waals surface area contributed by atoms with E-state index in [1.54, 1.807) is 102 Å². The summed E-state index contributed by atoms with van der Waals surface area (Å²) in [7, 11) is 0. The molecule has 7 aromatic rings. The number of rotatable bonds is 34. The first-order chi connectivity index (χ1) is 52.1. The fraction of sp³-hybridized carbons (Fsp3) is 0.507. The number of nitrogens with two attached hydrogens (primary N) is 1. The third-order valence-electron chi connectivity index (χ3n) is 20.2. The van der Waals surface area contributed by atoms with E-state index < -0.39 is 47.6 Å². The molecule has 1 unspecified atom stereocenters. The first kappa shape index (κ1) is 78.4. The number of nitrogen functional groups attached to an aromatic ring is 1. The summed E-state index contributed by atoms with van der Waals surface area (Å²) >= 11 is 1.51. The van der Waals surface area contributed by atoms with Crippen molar-refractivity contribution < 1.29 is 62.5 Å². The Morgan fingerprint density at radius 1 is 0.815 bits per heavy atom. The molecule has 4 aliphatic heterocycles. The number of piperidine rings is 2. The Hall–Kier alpha value is -10.7. The van der Waals surface area contributed by atoms with Crippen LogP contribution in [-0.4, -0.2) is 212 Å². The van der Waals surface area contributed by atoms with Crippen LogP contribution < -0.4 is 37.3 Å². The van der Waals surface area contributed by atoms with Crippen molar-refractivity contribution in [3.63, 3.8) is 0 Å². The highest BCUT2D eigenvalue weighted by Gasteiger charge is 2.51. The second-order valence-corrected chi connectivity index (χ2v) is 28.5. The number of nitrogens with zero attached hydrogens (tertiary/aromatic N) is 13. The van der Waals surface area contributed by atoms with Crippen LogP contribution >= 0.6 is 11.8 Å². The molecule has 32 nitrogen and oxygen atoms in total. The minimum Gasteiger partial charge on any atom is -0.480 e. The molecule has 5 aromatic heterocycles. The van der Waals surface area contributed by atoms with Crippen molar-refractivity contribution in [1.29, 1.82) is 0 Å². The summed E-state index contributed by atoms with van der Waals surface area (Å²) in [5.74, 6) is -2.89. The molecule has 574 valence electrons. The van der Waals surface area contributed by atoms with E-state index in [1.807, 2.05) is 13.0 Å². The van der Waals surface area contributed by atoms with Crippen LogP contribution in [0.15, 0.2) is 65.7 Å². The number of carbonyl (C=O) groups is 9. The van der Waals surface area contributed by atoms with E-state index in [0.29, 0.717) is 120 Å². The molecule has 0 bridgehead atoms. The molecule has 0 radical (unpaired) electrons. The van der Waals surface area contributed by atoms with E-state index in [0.717, 1.165) is 42.4 Å². The van der Waals surface area contributed by atoms with Gasteiger partial charge in [-0.05, 0) is 132 Å². The van der Waals surface area contributed by atoms with Gasteiger partial charge in [0, 0.05) is 130 Å². The number of nitrogens with one attached hydrogen (secondary N) is 4. The predicted molar refractivity (Wildman–Crippen MR) is 400 cm³/mol. The zero-order valence-electron chi connectivity index (χ0n) is 61.7. The summed E-state index contributed by atoms with van der Waals surface area (Å²) in [6.07, 6.45) is 9.82. The number of cyclic esters (lactones) is 1. The van der Waals surface area contributed by atoms with Gasteiger partial charge in [0.05, 0.1) is 58.8 Å².